The van der Waals surface area contributed by atoms with Crippen LogP contribution in [-0.4, -0.2) is 85.1 Å². The minimum Gasteiger partial charge on any atom is -0.491 e. The molecule has 12 heteroatoms. The number of para-hydroxylation sites is 1. The fraction of sp³-hybridized carbons (Fsp3) is 0.286. The molecule has 2 amide bonds. The summed E-state index contributed by atoms with van der Waals surface area (Å²) in [7, 11) is 0. The highest BCUT2D eigenvalue weighted by molar-refractivity contribution is 6.13. The topological polar surface area (TPSA) is 150 Å². The normalized spacial score (nSPS) is 24.2. The second-order valence-corrected chi connectivity index (χ2v) is 15.5. The van der Waals surface area contributed by atoms with E-state index in [1.54, 1.807) is 18.2 Å². The number of anilines is 3. The number of nitrogens with one attached hydrogen (secondary N) is 2. The molecule has 0 unspecified atom stereocenters. The zero-order valence-corrected chi connectivity index (χ0v) is 33.4. The van der Waals surface area contributed by atoms with Gasteiger partial charge in [-0.3, -0.25) is 19.3 Å². The molecule has 4 heterocycles. The summed E-state index contributed by atoms with van der Waals surface area (Å²) in [5.74, 6) is 3.46. The van der Waals surface area contributed by atoms with Gasteiger partial charge in [-0.05, 0) is 65.2 Å². The predicted molar refractivity (Wildman–Crippen MR) is 229 cm³/mol. The smallest absolute Gasteiger partial charge is 0.324 e. The number of hydrogen-bond acceptors (Lipinski definition) is 10. The maximum atomic E-state index is 15.6. The van der Waals surface area contributed by atoms with E-state index in [0.717, 1.165) is 29.9 Å². The van der Waals surface area contributed by atoms with Gasteiger partial charge in [-0.2, -0.15) is 0 Å². The first-order valence-electron chi connectivity index (χ1n) is 20.6. The Hall–Kier alpha value is -6.49. The number of benzene rings is 5. The van der Waals surface area contributed by atoms with Gasteiger partial charge in [0, 0.05) is 47.7 Å². The van der Waals surface area contributed by atoms with Crippen molar-refractivity contribution in [1.82, 2.24) is 4.90 Å². The minimum absolute atomic E-state index is 0.0330. The Morgan fingerprint density at radius 3 is 2.26 bits per heavy atom. The zero-order valence-electron chi connectivity index (χ0n) is 33.4. The first kappa shape index (κ1) is 39.9. The molecular weight excluding hydrogens is 773 g/mol. The van der Waals surface area contributed by atoms with Gasteiger partial charge < -0.3 is 40.0 Å². The van der Waals surface area contributed by atoms with E-state index in [4.69, 9.17) is 14.2 Å². The Balaban J connectivity index is 1.29. The Bertz CT molecular complexity index is 2470. The quantitative estimate of drug-likeness (QED) is 0.105. The maximum Gasteiger partial charge on any atom is 0.324 e. The minimum atomic E-state index is -1.78. The Morgan fingerprint density at radius 2 is 1.54 bits per heavy atom. The van der Waals surface area contributed by atoms with Crippen LogP contribution in [0, 0.1) is 17.8 Å². The second-order valence-electron chi connectivity index (χ2n) is 15.5. The summed E-state index contributed by atoms with van der Waals surface area (Å²) in [6.07, 6.45) is -0.597. The third kappa shape index (κ3) is 7.19. The molecule has 61 heavy (non-hydrogen) atoms. The van der Waals surface area contributed by atoms with Crippen molar-refractivity contribution < 1.29 is 38.8 Å². The van der Waals surface area contributed by atoms with Crippen molar-refractivity contribution in [2.45, 2.75) is 36.1 Å². The molecule has 9 rings (SSSR count). The molecular formula is C49H46N4O8. The Kier molecular flexibility index (Phi) is 11.3. The van der Waals surface area contributed by atoms with E-state index in [0.29, 0.717) is 47.0 Å². The van der Waals surface area contributed by atoms with E-state index in [9.17, 15) is 10.2 Å². The van der Waals surface area contributed by atoms with Gasteiger partial charge in [-0.25, -0.2) is 0 Å². The predicted octanol–water partition coefficient (Wildman–Crippen LogP) is 5.54. The molecule has 6 atom stereocenters. The van der Waals surface area contributed by atoms with Gasteiger partial charge in [0.1, 0.15) is 29.9 Å². The number of aliphatic hydroxyl groups excluding tert-OH is 2. The second kappa shape index (κ2) is 17.2. The fourth-order valence-electron chi connectivity index (χ4n) is 9.65. The van der Waals surface area contributed by atoms with Crippen molar-refractivity contribution in [3.63, 3.8) is 0 Å². The summed E-state index contributed by atoms with van der Waals surface area (Å²) < 4.78 is 18.3. The number of nitrogens with zero attached hydrogens (tertiary/aromatic N) is 2. The van der Waals surface area contributed by atoms with Crippen LogP contribution in [0.1, 0.15) is 52.4 Å². The lowest BCUT2D eigenvalue weighted by atomic mass is 9.65. The van der Waals surface area contributed by atoms with E-state index in [1.807, 2.05) is 114 Å². The van der Waals surface area contributed by atoms with E-state index in [-0.39, 0.29) is 26.2 Å². The molecule has 4 N–H and O–H groups in total. The van der Waals surface area contributed by atoms with Crippen LogP contribution in [0.4, 0.5) is 17.1 Å². The van der Waals surface area contributed by atoms with Crippen molar-refractivity contribution in [2.75, 3.05) is 61.7 Å². The largest absolute Gasteiger partial charge is 0.491 e. The number of morpholine rings is 2. The average Bonchev–Trinajstić information content (AvgIpc) is 3.78. The summed E-state index contributed by atoms with van der Waals surface area (Å²) in [5.41, 5.74) is 3.34. The molecule has 0 aromatic heterocycles. The lowest BCUT2D eigenvalue weighted by Crippen LogP contribution is -2.53. The highest BCUT2D eigenvalue weighted by atomic mass is 16.6. The summed E-state index contributed by atoms with van der Waals surface area (Å²) in [6, 6.07) is 36.4. The van der Waals surface area contributed by atoms with E-state index in [2.05, 4.69) is 27.4 Å². The molecule has 12 nitrogen and oxygen atoms in total. The molecule has 0 radical (unpaired) electrons. The number of hydrogen-bond donors (Lipinski definition) is 4. The van der Waals surface area contributed by atoms with Crippen LogP contribution in [0.25, 0.3) is 0 Å². The molecule has 5 aromatic carbocycles. The van der Waals surface area contributed by atoms with Crippen LogP contribution >= 0.6 is 0 Å². The van der Waals surface area contributed by atoms with Gasteiger partial charge in [0.05, 0.1) is 44.4 Å². The molecule has 310 valence electrons. The number of rotatable bonds is 10. The number of esters is 1. The number of carbonyl (C=O) groups is 3. The van der Waals surface area contributed by atoms with Gasteiger partial charge in [0.25, 0.3) is 0 Å². The fourth-order valence-corrected chi connectivity index (χ4v) is 9.65. The van der Waals surface area contributed by atoms with Crippen LogP contribution in [0.3, 0.4) is 0 Å². The van der Waals surface area contributed by atoms with E-state index >= 15 is 14.4 Å². The third-order valence-corrected chi connectivity index (χ3v) is 12.1. The van der Waals surface area contributed by atoms with Crippen LogP contribution in [-0.2, 0) is 29.3 Å². The number of aliphatic hydroxyl groups is 2. The van der Waals surface area contributed by atoms with Crippen LogP contribution in [0.5, 0.6) is 5.75 Å². The van der Waals surface area contributed by atoms with Crippen molar-refractivity contribution in [3.05, 3.63) is 155 Å². The highest BCUT2D eigenvalue weighted by Gasteiger charge is 2.74. The first-order chi connectivity index (χ1) is 29.9. The molecule has 3 fully saturated rings. The monoisotopic (exact) mass is 818 g/mol. The van der Waals surface area contributed by atoms with Crippen molar-refractivity contribution in [2.24, 2.45) is 5.92 Å². The van der Waals surface area contributed by atoms with Gasteiger partial charge in [0.15, 0.2) is 0 Å². The van der Waals surface area contributed by atoms with E-state index in [1.165, 1.54) is 0 Å². The van der Waals surface area contributed by atoms with Crippen LogP contribution < -0.4 is 20.3 Å². The number of carbonyl (C=O) groups excluding carboxylic acids is 3. The van der Waals surface area contributed by atoms with Crippen molar-refractivity contribution in [1.29, 1.82) is 0 Å². The first-order valence-corrected chi connectivity index (χ1v) is 20.6. The Morgan fingerprint density at radius 1 is 0.836 bits per heavy atom. The van der Waals surface area contributed by atoms with Gasteiger partial charge in [-0.1, -0.05) is 90.7 Å². The SMILES string of the molecule is O=C1O[C@@H](c2ccccc2)[C@@H](c2ccccc2)N2[C@@H](c3ccccc3OCCO)[C@]3(C(=O)Nc4ccc(C#CCCO)cc43)[C@@H](C(=O)Nc3ccc(N4CCOCC4)cc3)[C@H]12. The standard InChI is InChI=1S/C49H46N4O8/c54-26-10-9-11-32-18-23-39-38(31-32)49(48(58)51-39)41(46(56)50-35-19-21-36(22-20-35)52-24-28-59-29-25-52)43-47(57)61-44(34-14-5-2-6-15-34)42(33-12-3-1-4-13-33)53(43)45(49)37-16-7-8-17-40(37)60-30-27-55/h1-8,12-23,31,41-45,54-55H,10,24-30H2,(H,50,56)(H,51,58)/t41-,42-,43-,44+,45+,49-/m1/s1. The molecule has 0 bridgehead atoms. The number of ether oxygens (including phenoxy) is 3. The summed E-state index contributed by atoms with van der Waals surface area (Å²) >= 11 is 0. The zero-order chi connectivity index (χ0) is 41.9. The molecule has 3 saturated heterocycles. The Labute approximate surface area is 354 Å². The molecule has 0 aliphatic carbocycles. The average molecular weight is 819 g/mol. The maximum absolute atomic E-state index is 15.6. The van der Waals surface area contributed by atoms with E-state index < -0.39 is 53.3 Å². The van der Waals surface area contributed by atoms with Gasteiger partial charge in [0.2, 0.25) is 11.8 Å². The lowest BCUT2D eigenvalue weighted by Gasteiger charge is -2.46. The lowest BCUT2D eigenvalue weighted by molar-refractivity contribution is -0.177. The molecule has 4 aliphatic heterocycles. The van der Waals surface area contributed by atoms with Gasteiger partial charge >= 0.3 is 5.97 Å². The highest BCUT2D eigenvalue weighted by Crippen LogP contribution is 2.65. The molecule has 4 aliphatic rings. The summed E-state index contributed by atoms with van der Waals surface area (Å²) in [4.78, 5) is 50.5. The van der Waals surface area contributed by atoms with Crippen LogP contribution in [0.15, 0.2) is 127 Å². The molecule has 0 saturated carbocycles. The number of cyclic esters (lactones) is 1. The molecule has 1 spiro atoms. The van der Waals surface area contributed by atoms with Crippen molar-refractivity contribution in [3.8, 4) is 17.6 Å². The summed E-state index contributed by atoms with van der Waals surface area (Å²) in [6.45, 7) is 2.32. The molecule has 5 aromatic rings. The number of fused-ring (bicyclic) bond motifs is 3. The van der Waals surface area contributed by atoms with Gasteiger partial charge in [-0.15, -0.1) is 0 Å². The number of amides is 2. The third-order valence-electron chi connectivity index (χ3n) is 12.1. The van der Waals surface area contributed by atoms with Crippen molar-refractivity contribution >= 4 is 34.8 Å². The summed E-state index contributed by atoms with van der Waals surface area (Å²) in [5, 5.41) is 25.7. The van der Waals surface area contributed by atoms with Crippen LogP contribution in [0.2, 0.25) is 0 Å².